The highest BCUT2D eigenvalue weighted by atomic mass is 35.5. The molecule has 1 aliphatic heterocycles. The third-order valence-corrected chi connectivity index (χ3v) is 5.64. The second-order valence-electron chi connectivity index (χ2n) is 7.25. The predicted octanol–water partition coefficient (Wildman–Crippen LogP) is 2.24. The van der Waals surface area contributed by atoms with Gasteiger partial charge in [0.05, 0.1) is 26.2 Å². The number of aryl methyl sites for hydroxylation is 2. The average molecular weight is 394 g/mol. The molecular weight excluding hydrogens is 367 g/mol. The van der Waals surface area contributed by atoms with Crippen LogP contribution in [0.1, 0.15) is 11.1 Å². The van der Waals surface area contributed by atoms with Crippen molar-refractivity contribution in [1.29, 1.82) is 0 Å². The summed E-state index contributed by atoms with van der Waals surface area (Å²) in [6.45, 7) is 8.48. The zero-order chi connectivity index (χ0) is 19.4. The van der Waals surface area contributed by atoms with Crippen LogP contribution in [0.25, 0.3) is 0 Å². The van der Waals surface area contributed by atoms with Gasteiger partial charge in [0.15, 0.2) is 0 Å². The van der Waals surface area contributed by atoms with Crippen molar-refractivity contribution in [3.63, 3.8) is 0 Å². The van der Waals surface area contributed by atoms with Gasteiger partial charge >= 0.3 is 0 Å². The molecule has 0 amide bonds. The molecule has 27 heavy (non-hydrogen) atoms. The van der Waals surface area contributed by atoms with E-state index in [4.69, 9.17) is 16.3 Å². The summed E-state index contributed by atoms with van der Waals surface area (Å²) in [5, 5.41) is 11.1. The first-order chi connectivity index (χ1) is 12.9. The van der Waals surface area contributed by atoms with Crippen LogP contribution in [0, 0.1) is 19.7 Å². The molecule has 1 atom stereocenters. The number of piperazine rings is 1. The van der Waals surface area contributed by atoms with E-state index in [2.05, 4.69) is 4.90 Å². The molecule has 0 bridgehead atoms. The fraction of sp³-hybridized carbons (Fsp3) is 0.429. The molecule has 0 aromatic heterocycles. The van der Waals surface area contributed by atoms with Gasteiger partial charge in [0.25, 0.3) is 0 Å². The minimum absolute atomic E-state index is 0.211. The quantitative estimate of drug-likeness (QED) is 0.790. The van der Waals surface area contributed by atoms with Crippen LogP contribution < -0.4 is 14.5 Å². The lowest BCUT2D eigenvalue weighted by Crippen LogP contribution is -3.16. The molecule has 6 heteroatoms. The summed E-state index contributed by atoms with van der Waals surface area (Å²) in [6, 6.07) is 10.4. The monoisotopic (exact) mass is 393 g/mol. The summed E-state index contributed by atoms with van der Waals surface area (Å²) in [4.78, 5) is 3.61. The number of rotatable bonds is 6. The van der Waals surface area contributed by atoms with Gasteiger partial charge in [-0.25, -0.2) is 4.39 Å². The molecule has 3 rings (SSSR count). The van der Waals surface area contributed by atoms with Crippen LogP contribution in [0.15, 0.2) is 36.4 Å². The molecule has 2 aromatic rings. The van der Waals surface area contributed by atoms with Crippen LogP contribution in [0.5, 0.6) is 5.75 Å². The number of aliphatic hydroxyl groups is 1. The zero-order valence-corrected chi connectivity index (χ0v) is 16.6. The number of hydrogen-bond donors (Lipinski definition) is 2. The zero-order valence-electron chi connectivity index (χ0n) is 15.8. The standard InChI is InChI=1S/C21H26ClFN2O2/c1-15-11-20(12-16(2)21(15)22)27-14-19(26)13-24-7-9-25(10-8-24)18-5-3-17(23)4-6-18/h3-6,11-12,19,26H,7-10,13-14H2,1-2H3/p+1/t19-/m1/s1. The van der Waals surface area contributed by atoms with Crippen molar-refractivity contribution in [1.82, 2.24) is 0 Å². The van der Waals surface area contributed by atoms with Crippen LogP contribution in [-0.2, 0) is 0 Å². The smallest absolute Gasteiger partial charge is 0.137 e. The summed E-state index contributed by atoms with van der Waals surface area (Å²) in [6.07, 6.45) is -0.520. The Morgan fingerprint density at radius 2 is 1.74 bits per heavy atom. The minimum Gasteiger partial charge on any atom is -0.491 e. The molecule has 1 heterocycles. The van der Waals surface area contributed by atoms with Crippen molar-refractivity contribution in [3.05, 3.63) is 58.4 Å². The van der Waals surface area contributed by atoms with Gasteiger partial charge in [0.2, 0.25) is 0 Å². The van der Waals surface area contributed by atoms with Crippen LogP contribution in [0.3, 0.4) is 0 Å². The Kier molecular flexibility index (Phi) is 6.58. The molecule has 0 unspecified atom stereocenters. The Bertz CT molecular complexity index is 738. The maximum absolute atomic E-state index is 13.0. The SMILES string of the molecule is Cc1cc(OC[C@H](O)C[NH+]2CCN(c3ccc(F)cc3)CC2)cc(C)c1Cl. The van der Waals surface area contributed by atoms with Gasteiger partial charge in [0, 0.05) is 10.7 Å². The van der Waals surface area contributed by atoms with Crippen molar-refractivity contribution in [3.8, 4) is 5.75 Å². The predicted molar refractivity (Wildman–Crippen MR) is 107 cm³/mol. The third-order valence-electron chi connectivity index (χ3n) is 5.04. The summed E-state index contributed by atoms with van der Waals surface area (Å²) in [7, 11) is 0. The van der Waals surface area contributed by atoms with Crippen molar-refractivity contribution in [2.24, 2.45) is 0 Å². The second-order valence-corrected chi connectivity index (χ2v) is 7.63. The summed E-state index contributed by atoms with van der Waals surface area (Å²) < 4.78 is 18.8. The first-order valence-corrected chi connectivity index (χ1v) is 9.72. The highest BCUT2D eigenvalue weighted by Gasteiger charge is 2.23. The maximum atomic E-state index is 13.0. The van der Waals surface area contributed by atoms with E-state index >= 15 is 0 Å². The number of aliphatic hydroxyl groups excluding tert-OH is 1. The van der Waals surface area contributed by atoms with Crippen molar-refractivity contribution >= 4 is 17.3 Å². The van der Waals surface area contributed by atoms with E-state index in [0.29, 0.717) is 6.54 Å². The van der Waals surface area contributed by atoms with E-state index in [1.54, 1.807) is 0 Å². The highest BCUT2D eigenvalue weighted by molar-refractivity contribution is 6.32. The lowest BCUT2D eigenvalue weighted by molar-refractivity contribution is -0.903. The molecular formula is C21H27ClFN2O2+. The van der Waals surface area contributed by atoms with Gasteiger partial charge in [-0.2, -0.15) is 0 Å². The molecule has 1 saturated heterocycles. The second kappa shape index (κ2) is 8.91. The molecule has 1 aliphatic rings. The Morgan fingerprint density at radius 3 is 2.33 bits per heavy atom. The highest BCUT2D eigenvalue weighted by Crippen LogP contribution is 2.25. The average Bonchev–Trinajstić information content (AvgIpc) is 2.65. The largest absolute Gasteiger partial charge is 0.491 e. The normalized spacial score (nSPS) is 16.4. The summed E-state index contributed by atoms with van der Waals surface area (Å²) in [5.41, 5.74) is 3.00. The molecule has 4 nitrogen and oxygen atoms in total. The lowest BCUT2D eigenvalue weighted by atomic mass is 10.1. The number of hydrogen-bond acceptors (Lipinski definition) is 3. The van der Waals surface area contributed by atoms with Gasteiger partial charge < -0.3 is 19.6 Å². The van der Waals surface area contributed by atoms with Crippen LogP contribution in [-0.4, -0.2) is 50.5 Å². The molecule has 1 fully saturated rings. The molecule has 2 N–H and O–H groups in total. The van der Waals surface area contributed by atoms with Gasteiger partial charge in [-0.1, -0.05) is 11.6 Å². The van der Waals surface area contributed by atoms with Crippen molar-refractivity contribution in [2.75, 3.05) is 44.2 Å². The first-order valence-electron chi connectivity index (χ1n) is 9.34. The molecule has 0 spiro atoms. The first kappa shape index (κ1) is 19.9. The third kappa shape index (κ3) is 5.34. The molecule has 2 aromatic carbocycles. The summed E-state index contributed by atoms with van der Waals surface area (Å²) in [5.74, 6) is 0.529. The van der Waals surface area contributed by atoms with Crippen molar-refractivity contribution in [2.45, 2.75) is 20.0 Å². The Labute approximate surface area is 165 Å². The fourth-order valence-corrected chi connectivity index (χ4v) is 3.62. The van der Waals surface area contributed by atoms with E-state index in [0.717, 1.165) is 53.8 Å². The van der Waals surface area contributed by atoms with Crippen LogP contribution in [0.4, 0.5) is 10.1 Å². The van der Waals surface area contributed by atoms with E-state index < -0.39 is 6.10 Å². The number of benzene rings is 2. The van der Waals surface area contributed by atoms with E-state index in [-0.39, 0.29) is 12.4 Å². The Balaban J connectivity index is 1.44. The van der Waals surface area contributed by atoms with Crippen molar-refractivity contribution < 1.29 is 19.1 Å². The van der Waals surface area contributed by atoms with E-state index in [1.807, 2.05) is 38.1 Å². The lowest BCUT2D eigenvalue weighted by Gasteiger charge is -2.34. The van der Waals surface area contributed by atoms with Gasteiger partial charge in [0.1, 0.15) is 30.8 Å². The number of nitrogens with zero attached hydrogens (tertiary/aromatic N) is 1. The van der Waals surface area contributed by atoms with Gasteiger partial charge in [-0.05, 0) is 61.4 Å². The van der Waals surface area contributed by atoms with Gasteiger partial charge in [-0.3, -0.25) is 0 Å². The minimum atomic E-state index is -0.520. The number of quaternary nitrogens is 1. The molecule has 146 valence electrons. The van der Waals surface area contributed by atoms with Crippen LogP contribution >= 0.6 is 11.6 Å². The molecule has 0 saturated carbocycles. The fourth-order valence-electron chi connectivity index (χ4n) is 3.51. The van der Waals surface area contributed by atoms with E-state index in [9.17, 15) is 9.50 Å². The Morgan fingerprint density at radius 1 is 1.15 bits per heavy atom. The Hall–Kier alpha value is -1.82. The number of anilines is 1. The van der Waals surface area contributed by atoms with Gasteiger partial charge in [-0.15, -0.1) is 0 Å². The number of halogens is 2. The topological polar surface area (TPSA) is 37.1 Å². The van der Waals surface area contributed by atoms with E-state index in [1.165, 1.54) is 17.0 Å². The summed E-state index contributed by atoms with van der Waals surface area (Å²) >= 11 is 6.17. The maximum Gasteiger partial charge on any atom is 0.137 e. The molecule has 0 radical (unpaired) electrons. The van der Waals surface area contributed by atoms with Crippen LogP contribution in [0.2, 0.25) is 5.02 Å². The number of nitrogens with one attached hydrogen (secondary N) is 1. The molecule has 0 aliphatic carbocycles. The number of ether oxygens (including phenoxy) is 1.